The zero-order valence-electron chi connectivity index (χ0n) is 8.65. The van der Waals surface area contributed by atoms with E-state index in [4.69, 9.17) is 5.11 Å². The van der Waals surface area contributed by atoms with Crippen molar-refractivity contribution in [1.29, 1.82) is 0 Å². The predicted molar refractivity (Wildman–Crippen MR) is 59.2 cm³/mol. The smallest absolute Gasteiger partial charge is 0.328 e. The molecule has 0 atom stereocenters. The maximum Gasteiger partial charge on any atom is 0.328 e. The topological polar surface area (TPSA) is 37.3 Å². The molecular weight excluding hydrogens is 176 g/mol. The van der Waals surface area contributed by atoms with Crippen molar-refractivity contribution in [3.8, 4) is 0 Å². The molecule has 0 amide bonds. The van der Waals surface area contributed by atoms with Crippen LogP contribution in [0.1, 0.15) is 32.6 Å². The highest BCUT2D eigenvalue weighted by Gasteiger charge is 1.80. The molecule has 0 saturated heterocycles. The SMILES string of the molecule is CCCC=CCCC=CC=CC(=O)O. The molecule has 0 saturated carbocycles. The molecule has 0 rings (SSSR count). The van der Waals surface area contributed by atoms with Crippen molar-refractivity contribution in [3.05, 3.63) is 36.5 Å². The second-order valence-electron chi connectivity index (χ2n) is 2.96. The lowest BCUT2D eigenvalue weighted by Crippen LogP contribution is -1.84. The van der Waals surface area contributed by atoms with Crippen molar-refractivity contribution in [2.45, 2.75) is 32.6 Å². The zero-order chi connectivity index (χ0) is 10.6. The first-order valence-electron chi connectivity index (χ1n) is 4.98. The van der Waals surface area contributed by atoms with Gasteiger partial charge in [0.25, 0.3) is 0 Å². The van der Waals surface area contributed by atoms with Gasteiger partial charge in [0.15, 0.2) is 0 Å². The number of carboxylic acids is 1. The lowest BCUT2D eigenvalue weighted by atomic mass is 10.2. The van der Waals surface area contributed by atoms with Gasteiger partial charge < -0.3 is 5.11 Å². The monoisotopic (exact) mass is 194 g/mol. The fraction of sp³-hybridized carbons (Fsp3) is 0.417. The van der Waals surface area contributed by atoms with Gasteiger partial charge in [0, 0.05) is 6.08 Å². The number of aliphatic carboxylic acids is 1. The van der Waals surface area contributed by atoms with Crippen LogP contribution in [0.3, 0.4) is 0 Å². The maximum atomic E-state index is 10.1. The molecule has 14 heavy (non-hydrogen) atoms. The van der Waals surface area contributed by atoms with Gasteiger partial charge in [-0.25, -0.2) is 4.79 Å². The second-order valence-corrected chi connectivity index (χ2v) is 2.96. The number of allylic oxidation sites excluding steroid dienone is 5. The van der Waals surface area contributed by atoms with E-state index in [0.29, 0.717) is 0 Å². The van der Waals surface area contributed by atoms with Gasteiger partial charge in [0.2, 0.25) is 0 Å². The van der Waals surface area contributed by atoms with E-state index in [1.165, 1.54) is 12.5 Å². The molecule has 0 spiro atoms. The third-order valence-electron chi connectivity index (χ3n) is 1.61. The standard InChI is InChI=1S/C12H18O2/c1-2-3-4-5-6-7-8-9-10-11-12(13)14/h4-5,8-11H,2-3,6-7H2,1H3,(H,13,14). The third kappa shape index (κ3) is 10.7. The molecule has 2 heteroatoms. The van der Waals surface area contributed by atoms with Crippen molar-refractivity contribution in [3.63, 3.8) is 0 Å². The molecule has 0 aromatic carbocycles. The first-order chi connectivity index (χ1) is 6.77. The Balaban J connectivity index is 3.40. The van der Waals surface area contributed by atoms with Gasteiger partial charge in [0.05, 0.1) is 0 Å². The predicted octanol–water partition coefficient (Wildman–Crippen LogP) is 3.32. The van der Waals surface area contributed by atoms with Crippen LogP contribution >= 0.6 is 0 Å². The molecule has 0 unspecified atom stereocenters. The van der Waals surface area contributed by atoms with E-state index in [1.54, 1.807) is 6.08 Å². The van der Waals surface area contributed by atoms with Crippen molar-refractivity contribution in [2.75, 3.05) is 0 Å². The van der Waals surface area contributed by atoms with Gasteiger partial charge in [-0.1, -0.05) is 43.7 Å². The Hall–Kier alpha value is -1.31. The van der Waals surface area contributed by atoms with Gasteiger partial charge in [-0.05, 0) is 19.3 Å². The minimum absolute atomic E-state index is 0.905. The van der Waals surface area contributed by atoms with E-state index in [-0.39, 0.29) is 0 Å². The molecule has 78 valence electrons. The van der Waals surface area contributed by atoms with Crippen LogP contribution in [0.4, 0.5) is 0 Å². The number of hydrogen-bond acceptors (Lipinski definition) is 1. The Morgan fingerprint density at radius 3 is 2.36 bits per heavy atom. The summed E-state index contributed by atoms with van der Waals surface area (Å²) in [6.45, 7) is 2.15. The van der Waals surface area contributed by atoms with Crippen LogP contribution in [0.25, 0.3) is 0 Å². The van der Waals surface area contributed by atoms with E-state index in [2.05, 4.69) is 19.1 Å². The maximum absolute atomic E-state index is 10.1. The molecule has 0 aromatic heterocycles. The van der Waals surface area contributed by atoms with Gasteiger partial charge in [-0.15, -0.1) is 0 Å². The number of carboxylic acid groups (broad SMARTS) is 1. The minimum atomic E-state index is -0.905. The Bertz CT molecular complexity index is 224. The molecular formula is C12H18O2. The summed E-state index contributed by atoms with van der Waals surface area (Å²) in [5, 5.41) is 8.28. The molecule has 0 bridgehead atoms. The lowest BCUT2D eigenvalue weighted by Gasteiger charge is -1.86. The summed E-state index contributed by atoms with van der Waals surface area (Å²) in [5.41, 5.74) is 0. The van der Waals surface area contributed by atoms with Crippen molar-refractivity contribution in [2.24, 2.45) is 0 Å². The molecule has 0 heterocycles. The van der Waals surface area contributed by atoms with Crippen LogP contribution in [-0.2, 0) is 4.79 Å². The first-order valence-corrected chi connectivity index (χ1v) is 4.98. The summed E-state index contributed by atoms with van der Waals surface area (Å²) >= 11 is 0. The summed E-state index contributed by atoms with van der Waals surface area (Å²) in [7, 11) is 0. The number of rotatable bonds is 7. The Kier molecular flexibility index (Phi) is 8.86. The molecule has 0 aliphatic rings. The van der Waals surface area contributed by atoms with Gasteiger partial charge >= 0.3 is 5.97 Å². The highest BCUT2D eigenvalue weighted by atomic mass is 16.4. The molecule has 0 aliphatic carbocycles. The molecule has 0 aliphatic heterocycles. The van der Waals surface area contributed by atoms with Crippen LogP contribution in [0.5, 0.6) is 0 Å². The van der Waals surface area contributed by atoms with E-state index in [9.17, 15) is 4.79 Å². The van der Waals surface area contributed by atoms with Crippen LogP contribution < -0.4 is 0 Å². The van der Waals surface area contributed by atoms with Crippen molar-refractivity contribution >= 4 is 5.97 Å². The average Bonchev–Trinajstić information content (AvgIpc) is 2.15. The van der Waals surface area contributed by atoms with Crippen molar-refractivity contribution in [1.82, 2.24) is 0 Å². The van der Waals surface area contributed by atoms with Crippen LogP contribution in [0.15, 0.2) is 36.5 Å². The molecule has 0 aromatic rings. The normalized spacial score (nSPS) is 12.1. The minimum Gasteiger partial charge on any atom is -0.478 e. The summed E-state index contributed by atoms with van der Waals surface area (Å²) in [6.07, 6.45) is 15.1. The van der Waals surface area contributed by atoms with Crippen LogP contribution in [0.2, 0.25) is 0 Å². The van der Waals surface area contributed by atoms with Crippen LogP contribution in [-0.4, -0.2) is 11.1 Å². The molecule has 0 radical (unpaired) electrons. The highest BCUT2D eigenvalue weighted by molar-refractivity contribution is 5.80. The lowest BCUT2D eigenvalue weighted by molar-refractivity contribution is -0.131. The van der Waals surface area contributed by atoms with E-state index in [0.717, 1.165) is 25.3 Å². The summed E-state index contributed by atoms with van der Waals surface area (Å²) in [6, 6.07) is 0. The number of hydrogen-bond donors (Lipinski definition) is 1. The largest absolute Gasteiger partial charge is 0.478 e. The first kappa shape index (κ1) is 12.7. The average molecular weight is 194 g/mol. The van der Waals surface area contributed by atoms with Crippen LogP contribution in [0, 0.1) is 0 Å². The summed E-state index contributed by atoms with van der Waals surface area (Å²) in [4.78, 5) is 10.1. The third-order valence-corrected chi connectivity index (χ3v) is 1.61. The molecule has 2 nitrogen and oxygen atoms in total. The summed E-state index contributed by atoms with van der Waals surface area (Å²) in [5.74, 6) is -0.905. The Labute approximate surface area is 85.6 Å². The Morgan fingerprint density at radius 2 is 1.71 bits per heavy atom. The number of carbonyl (C=O) groups is 1. The zero-order valence-corrected chi connectivity index (χ0v) is 8.65. The fourth-order valence-corrected chi connectivity index (χ4v) is 0.907. The molecule has 1 N–H and O–H groups in total. The van der Waals surface area contributed by atoms with Gasteiger partial charge in [0.1, 0.15) is 0 Å². The van der Waals surface area contributed by atoms with E-state index >= 15 is 0 Å². The van der Waals surface area contributed by atoms with E-state index in [1.807, 2.05) is 6.08 Å². The molecule has 0 fully saturated rings. The number of unbranched alkanes of at least 4 members (excludes halogenated alkanes) is 2. The van der Waals surface area contributed by atoms with E-state index < -0.39 is 5.97 Å². The van der Waals surface area contributed by atoms with Gasteiger partial charge in [-0.2, -0.15) is 0 Å². The quantitative estimate of drug-likeness (QED) is 0.292. The van der Waals surface area contributed by atoms with Gasteiger partial charge in [-0.3, -0.25) is 0 Å². The Morgan fingerprint density at radius 1 is 1.07 bits per heavy atom. The second kappa shape index (κ2) is 9.78. The van der Waals surface area contributed by atoms with Crippen molar-refractivity contribution < 1.29 is 9.90 Å². The highest BCUT2D eigenvalue weighted by Crippen LogP contribution is 1.96. The summed E-state index contributed by atoms with van der Waals surface area (Å²) < 4.78 is 0. The fourth-order valence-electron chi connectivity index (χ4n) is 0.907.